The molecule has 2 saturated heterocycles. The Labute approximate surface area is 185 Å². The topological polar surface area (TPSA) is 96.0 Å². The van der Waals surface area contributed by atoms with Gasteiger partial charge in [0.05, 0.1) is 24.1 Å². The summed E-state index contributed by atoms with van der Waals surface area (Å²) in [5, 5.41) is 4.58. The molecule has 0 spiro atoms. The van der Waals surface area contributed by atoms with Crippen LogP contribution in [0.15, 0.2) is 46.7 Å². The van der Waals surface area contributed by atoms with Crippen molar-refractivity contribution in [2.75, 3.05) is 32.8 Å². The highest BCUT2D eigenvalue weighted by Gasteiger charge is 2.30. The third kappa shape index (κ3) is 5.15. The monoisotopic (exact) mass is 463 g/mol. The van der Waals surface area contributed by atoms with E-state index in [1.165, 1.54) is 12.1 Å². The summed E-state index contributed by atoms with van der Waals surface area (Å²) in [5.74, 6) is -0.571. The molecule has 0 saturated carbocycles. The second-order valence-corrected chi connectivity index (χ2v) is 10.6. The lowest BCUT2D eigenvalue weighted by atomic mass is 10.1. The third-order valence-corrected chi connectivity index (χ3v) is 8.09. The zero-order chi connectivity index (χ0) is 21.8. The molecule has 0 aliphatic carbocycles. The number of nitrogens with one attached hydrogen (secondary N) is 1. The molecule has 31 heavy (non-hydrogen) atoms. The van der Waals surface area contributed by atoms with E-state index in [0.717, 1.165) is 22.0 Å². The lowest BCUT2D eigenvalue weighted by Gasteiger charge is -2.27. The van der Waals surface area contributed by atoms with Gasteiger partial charge in [-0.1, -0.05) is 12.1 Å². The van der Waals surface area contributed by atoms with Gasteiger partial charge in [0.15, 0.2) is 0 Å². The largest absolute Gasteiger partial charge is 0.376 e. The molecule has 1 aromatic carbocycles. The molecule has 2 fully saturated rings. The number of hydrogen-bond acceptors (Lipinski definition) is 6. The van der Waals surface area contributed by atoms with Crippen LogP contribution in [0.2, 0.25) is 0 Å². The number of benzene rings is 1. The number of carbonyl (C=O) groups excluding carboxylic acids is 2. The van der Waals surface area contributed by atoms with Crippen molar-refractivity contribution in [2.45, 2.75) is 30.4 Å². The second kappa shape index (κ2) is 9.47. The van der Waals surface area contributed by atoms with Gasteiger partial charge in [-0.05, 0) is 42.5 Å². The number of amides is 2. The van der Waals surface area contributed by atoms with Gasteiger partial charge >= 0.3 is 0 Å². The van der Waals surface area contributed by atoms with Gasteiger partial charge < -0.3 is 15.0 Å². The van der Waals surface area contributed by atoms with Crippen molar-refractivity contribution in [2.24, 2.45) is 0 Å². The number of carbonyl (C=O) groups is 2. The van der Waals surface area contributed by atoms with Crippen LogP contribution in [0.3, 0.4) is 0 Å². The molecule has 2 amide bonds. The van der Waals surface area contributed by atoms with Crippen LogP contribution in [-0.4, -0.2) is 68.3 Å². The number of rotatable bonds is 7. The van der Waals surface area contributed by atoms with Crippen LogP contribution < -0.4 is 5.32 Å². The van der Waals surface area contributed by atoms with Crippen molar-refractivity contribution in [1.29, 1.82) is 0 Å². The van der Waals surface area contributed by atoms with E-state index < -0.39 is 10.0 Å². The van der Waals surface area contributed by atoms with E-state index in [0.29, 0.717) is 25.3 Å². The van der Waals surface area contributed by atoms with Crippen LogP contribution in [0.5, 0.6) is 0 Å². The summed E-state index contributed by atoms with van der Waals surface area (Å²) in [6.07, 6.45) is 1.87. The van der Waals surface area contributed by atoms with E-state index in [9.17, 15) is 18.0 Å². The number of thiophene rings is 1. The van der Waals surface area contributed by atoms with E-state index in [1.807, 2.05) is 17.5 Å². The van der Waals surface area contributed by atoms with Crippen molar-refractivity contribution in [3.63, 3.8) is 0 Å². The fourth-order valence-electron chi connectivity index (χ4n) is 3.79. The average molecular weight is 464 g/mol. The van der Waals surface area contributed by atoms with Gasteiger partial charge in [-0.15, -0.1) is 11.3 Å². The molecule has 3 heterocycles. The Hall–Kier alpha value is -2.27. The maximum absolute atomic E-state index is 13.4. The summed E-state index contributed by atoms with van der Waals surface area (Å²) in [5.41, 5.74) is 0.303. The molecule has 0 bridgehead atoms. The maximum Gasteiger partial charge on any atom is 0.254 e. The minimum Gasteiger partial charge on any atom is -0.376 e. The maximum atomic E-state index is 13.4. The molecule has 8 nitrogen and oxygen atoms in total. The minimum absolute atomic E-state index is 0.0114. The molecular formula is C21H25N3O5S2. The van der Waals surface area contributed by atoms with Gasteiger partial charge in [-0.25, -0.2) is 8.42 Å². The van der Waals surface area contributed by atoms with Crippen molar-refractivity contribution >= 4 is 33.2 Å². The van der Waals surface area contributed by atoms with Gasteiger partial charge in [-0.2, -0.15) is 4.31 Å². The smallest absolute Gasteiger partial charge is 0.254 e. The molecule has 2 aliphatic rings. The Morgan fingerprint density at radius 2 is 2.16 bits per heavy atom. The minimum atomic E-state index is -3.87. The Kier molecular flexibility index (Phi) is 6.71. The van der Waals surface area contributed by atoms with Crippen molar-refractivity contribution in [3.05, 3.63) is 52.2 Å². The molecule has 10 heteroatoms. The molecule has 1 aromatic heterocycles. The Bertz CT molecular complexity index is 1030. The number of sulfonamides is 1. The molecule has 4 rings (SSSR count). The van der Waals surface area contributed by atoms with Gasteiger partial charge in [0.2, 0.25) is 15.9 Å². The third-order valence-electron chi connectivity index (χ3n) is 5.38. The summed E-state index contributed by atoms with van der Waals surface area (Å²) < 4.78 is 32.9. The first kappa shape index (κ1) is 21.9. The van der Waals surface area contributed by atoms with Crippen LogP contribution in [0.1, 0.15) is 28.1 Å². The van der Waals surface area contributed by atoms with E-state index in [1.54, 1.807) is 28.4 Å². The molecule has 2 aromatic rings. The van der Waals surface area contributed by atoms with Gasteiger partial charge in [0.1, 0.15) is 0 Å². The van der Waals surface area contributed by atoms with E-state index in [-0.39, 0.29) is 42.4 Å². The first-order chi connectivity index (χ1) is 14.9. The first-order valence-corrected chi connectivity index (χ1v) is 12.6. The Balaban J connectivity index is 1.57. The Morgan fingerprint density at radius 1 is 1.29 bits per heavy atom. The van der Waals surface area contributed by atoms with Crippen LogP contribution >= 0.6 is 11.3 Å². The number of piperazine rings is 1. The van der Waals surface area contributed by atoms with Crippen molar-refractivity contribution < 1.29 is 22.7 Å². The van der Waals surface area contributed by atoms with Crippen LogP contribution in [-0.2, 0) is 26.1 Å². The molecular weight excluding hydrogens is 438 g/mol. The first-order valence-electron chi connectivity index (χ1n) is 10.2. The highest BCUT2D eigenvalue weighted by Crippen LogP contribution is 2.22. The predicted octanol–water partition coefficient (Wildman–Crippen LogP) is 1.69. The molecule has 1 N–H and O–H groups in total. The predicted molar refractivity (Wildman–Crippen MR) is 116 cm³/mol. The lowest BCUT2D eigenvalue weighted by Crippen LogP contribution is -2.49. The highest BCUT2D eigenvalue weighted by molar-refractivity contribution is 7.89. The fraction of sp³-hybridized carbons (Fsp3) is 0.429. The standard InChI is InChI=1S/C21H25N3O5S2/c25-20-15-24(9-8-22-20)31(27,28)19-7-1-4-16(12-19)21(26)23(13-17-5-2-10-29-17)14-18-6-3-11-30-18/h1,3-4,6-7,11-12,17H,2,5,8-10,13-15H2,(H,22,25). The average Bonchev–Trinajstić information content (AvgIpc) is 3.47. The number of ether oxygens (including phenoxy) is 1. The number of nitrogens with zero attached hydrogens (tertiary/aromatic N) is 2. The molecule has 2 aliphatic heterocycles. The SMILES string of the molecule is O=C1CN(S(=O)(=O)c2cccc(C(=O)N(Cc3cccs3)CC3CCCO3)c2)CCN1. The lowest BCUT2D eigenvalue weighted by molar-refractivity contribution is -0.122. The highest BCUT2D eigenvalue weighted by atomic mass is 32.2. The molecule has 166 valence electrons. The summed E-state index contributed by atoms with van der Waals surface area (Å²) in [7, 11) is -3.87. The van der Waals surface area contributed by atoms with Crippen molar-refractivity contribution in [3.8, 4) is 0 Å². The van der Waals surface area contributed by atoms with E-state index in [2.05, 4.69) is 5.32 Å². The van der Waals surface area contributed by atoms with Gasteiger partial charge in [0.25, 0.3) is 5.91 Å². The summed E-state index contributed by atoms with van der Waals surface area (Å²) in [4.78, 5) is 27.8. The van der Waals surface area contributed by atoms with Gasteiger partial charge in [-0.3, -0.25) is 9.59 Å². The van der Waals surface area contributed by atoms with E-state index >= 15 is 0 Å². The zero-order valence-electron chi connectivity index (χ0n) is 17.0. The number of hydrogen-bond donors (Lipinski definition) is 1. The van der Waals surface area contributed by atoms with Crippen LogP contribution in [0, 0.1) is 0 Å². The van der Waals surface area contributed by atoms with Crippen molar-refractivity contribution in [1.82, 2.24) is 14.5 Å². The Morgan fingerprint density at radius 3 is 2.87 bits per heavy atom. The normalized spacial score (nSPS) is 19.9. The molecule has 0 radical (unpaired) electrons. The molecule has 1 atom stereocenters. The fourth-order valence-corrected chi connectivity index (χ4v) is 5.95. The zero-order valence-corrected chi connectivity index (χ0v) is 18.7. The van der Waals surface area contributed by atoms with Gasteiger partial charge in [0, 0.05) is 36.7 Å². The summed E-state index contributed by atoms with van der Waals surface area (Å²) in [6, 6.07) is 9.98. The molecule has 1 unspecified atom stereocenters. The summed E-state index contributed by atoms with van der Waals surface area (Å²) >= 11 is 1.57. The second-order valence-electron chi connectivity index (χ2n) is 7.62. The van der Waals surface area contributed by atoms with Crippen LogP contribution in [0.4, 0.5) is 0 Å². The summed E-state index contributed by atoms with van der Waals surface area (Å²) in [6.45, 7) is 1.86. The quantitative estimate of drug-likeness (QED) is 0.674. The van der Waals surface area contributed by atoms with E-state index in [4.69, 9.17) is 4.74 Å². The van der Waals surface area contributed by atoms with Crippen LogP contribution in [0.25, 0.3) is 0 Å².